The molecule has 1 aromatic carbocycles. The fraction of sp³-hybridized carbons (Fsp3) is 0.500. The number of fused-ring (bicyclic) bond motifs is 3. The van der Waals surface area contributed by atoms with Crippen LogP contribution in [0.4, 0.5) is 0 Å². The van der Waals surface area contributed by atoms with E-state index in [9.17, 15) is 4.79 Å². The van der Waals surface area contributed by atoms with Crippen LogP contribution in [0.25, 0.3) is 16.6 Å². The topological polar surface area (TPSA) is 68.5 Å². The summed E-state index contributed by atoms with van der Waals surface area (Å²) in [6.45, 7) is 8.92. The van der Waals surface area contributed by atoms with Gasteiger partial charge in [0.05, 0.1) is 11.1 Å². The van der Waals surface area contributed by atoms with Crippen LogP contribution in [0, 0.1) is 13.8 Å². The maximum Gasteiger partial charge on any atom is 0.220 e. The van der Waals surface area contributed by atoms with Crippen LogP contribution in [-0.2, 0) is 16.0 Å². The lowest BCUT2D eigenvalue weighted by atomic mass is 9.94. The lowest BCUT2D eigenvalue weighted by Crippen LogP contribution is -2.45. The van der Waals surface area contributed by atoms with Crippen molar-refractivity contribution in [3.8, 4) is 0 Å². The third kappa shape index (κ3) is 3.61. The highest BCUT2D eigenvalue weighted by molar-refractivity contribution is 5.92. The number of aromatic nitrogens is 3. The number of benzene rings is 1. The molecule has 3 aromatic rings. The fourth-order valence-corrected chi connectivity index (χ4v) is 4.23. The minimum absolute atomic E-state index is 0.0900. The van der Waals surface area contributed by atoms with Gasteiger partial charge in [-0.25, -0.2) is 9.50 Å². The first kappa shape index (κ1) is 18.9. The second kappa shape index (κ2) is 7.17. The normalized spacial score (nSPS) is 19.2. The highest BCUT2D eigenvalue weighted by Crippen LogP contribution is 2.25. The molecular weight excluding hydrogens is 352 g/mol. The van der Waals surface area contributed by atoms with Crippen molar-refractivity contribution < 1.29 is 9.53 Å². The van der Waals surface area contributed by atoms with Crippen molar-refractivity contribution >= 4 is 22.5 Å². The first-order chi connectivity index (χ1) is 13.3. The van der Waals surface area contributed by atoms with Crippen molar-refractivity contribution in [3.63, 3.8) is 0 Å². The van der Waals surface area contributed by atoms with Crippen molar-refractivity contribution in [2.75, 3.05) is 6.61 Å². The number of amides is 1. The number of rotatable bonds is 4. The van der Waals surface area contributed by atoms with Crippen LogP contribution in [0.3, 0.4) is 0 Å². The fourth-order valence-electron chi connectivity index (χ4n) is 4.23. The van der Waals surface area contributed by atoms with Gasteiger partial charge in [0, 0.05) is 35.8 Å². The molecule has 3 heterocycles. The Kier molecular flexibility index (Phi) is 4.83. The Morgan fingerprint density at radius 1 is 1.32 bits per heavy atom. The average molecular weight is 380 g/mol. The van der Waals surface area contributed by atoms with Gasteiger partial charge in [-0.3, -0.25) is 4.79 Å². The number of carbonyl (C=O) groups is 1. The largest absolute Gasteiger partial charge is 0.375 e. The molecule has 1 N–H and O–H groups in total. The highest BCUT2D eigenvalue weighted by atomic mass is 16.5. The number of hydrogen-bond donors (Lipinski definition) is 1. The third-order valence-corrected chi connectivity index (χ3v) is 5.68. The molecule has 0 spiro atoms. The molecule has 1 aliphatic heterocycles. The van der Waals surface area contributed by atoms with Crippen molar-refractivity contribution in [1.82, 2.24) is 19.9 Å². The molecule has 6 nitrogen and oxygen atoms in total. The number of carbonyl (C=O) groups excluding carboxylic acids is 1. The first-order valence-corrected chi connectivity index (χ1v) is 10.0. The molecule has 28 heavy (non-hydrogen) atoms. The van der Waals surface area contributed by atoms with Gasteiger partial charge in [0.2, 0.25) is 5.91 Å². The molecule has 0 unspecified atom stereocenters. The molecule has 0 bridgehead atoms. The SMILES string of the molecule is Cc1nc2c3ccccc3nn2c(C)c1CCC(=O)N[C@H]1CCOC(C)(C)C1. The van der Waals surface area contributed by atoms with E-state index in [-0.39, 0.29) is 17.6 Å². The molecule has 4 rings (SSSR count). The zero-order chi connectivity index (χ0) is 19.9. The van der Waals surface area contributed by atoms with Gasteiger partial charge in [0.1, 0.15) is 0 Å². The number of nitrogens with one attached hydrogen (secondary N) is 1. The summed E-state index contributed by atoms with van der Waals surface area (Å²) in [5, 5.41) is 8.93. The van der Waals surface area contributed by atoms with Crippen LogP contribution < -0.4 is 5.32 Å². The van der Waals surface area contributed by atoms with Gasteiger partial charge in [-0.05, 0) is 64.7 Å². The summed E-state index contributed by atoms with van der Waals surface area (Å²) < 4.78 is 7.64. The molecule has 1 aliphatic rings. The number of aryl methyl sites for hydroxylation is 2. The van der Waals surface area contributed by atoms with Crippen molar-refractivity contribution in [3.05, 3.63) is 41.2 Å². The summed E-state index contributed by atoms with van der Waals surface area (Å²) in [6, 6.07) is 8.23. The smallest absolute Gasteiger partial charge is 0.220 e. The third-order valence-electron chi connectivity index (χ3n) is 5.68. The van der Waals surface area contributed by atoms with Crippen molar-refractivity contribution in [2.24, 2.45) is 0 Å². The summed E-state index contributed by atoms with van der Waals surface area (Å²) in [4.78, 5) is 17.3. The first-order valence-electron chi connectivity index (χ1n) is 10.0. The van der Waals surface area contributed by atoms with E-state index in [0.29, 0.717) is 19.4 Å². The van der Waals surface area contributed by atoms with E-state index >= 15 is 0 Å². The second-order valence-electron chi connectivity index (χ2n) is 8.38. The van der Waals surface area contributed by atoms with E-state index in [1.807, 2.05) is 35.7 Å². The molecule has 0 radical (unpaired) electrons. The molecule has 1 fully saturated rings. The van der Waals surface area contributed by atoms with Crippen LogP contribution in [0.5, 0.6) is 0 Å². The van der Waals surface area contributed by atoms with Crippen LogP contribution in [0.2, 0.25) is 0 Å². The number of hydrogen-bond acceptors (Lipinski definition) is 4. The monoisotopic (exact) mass is 380 g/mol. The molecule has 2 aromatic heterocycles. The summed E-state index contributed by atoms with van der Waals surface area (Å²) in [7, 11) is 0. The Hall–Kier alpha value is -2.47. The minimum Gasteiger partial charge on any atom is -0.375 e. The van der Waals surface area contributed by atoms with E-state index < -0.39 is 0 Å². The summed E-state index contributed by atoms with van der Waals surface area (Å²) >= 11 is 0. The van der Waals surface area contributed by atoms with Crippen LogP contribution in [0.1, 0.15) is 50.1 Å². The zero-order valence-corrected chi connectivity index (χ0v) is 17.1. The summed E-state index contributed by atoms with van der Waals surface area (Å²) in [6.07, 6.45) is 2.84. The molecule has 6 heteroatoms. The van der Waals surface area contributed by atoms with Gasteiger partial charge in [-0.15, -0.1) is 0 Å². The standard InChI is InChI=1S/C22H28N4O2/c1-14-17(9-10-20(27)24-16-11-12-28-22(3,4)13-16)15(2)26-21(23-14)18-7-5-6-8-19(18)25-26/h5-8,16H,9-13H2,1-4H3,(H,24,27)/t16-/m0/s1. The minimum atomic E-state index is -0.166. The highest BCUT2D eigenvalue weighted by Gasteiger charge is 2.29. The van der Waals surface area contributed by atoms with E-state index in [1.165, 1.54) is 0 Å². The Morgan fingerprint density at radius 2 is 2.11 bits per heavy atom. The van der Waals surface area contributed by atoms with Crippen LogP contribution in [0.15, 0.2) is 24.3 Å². The maximum atomic E-state index is 12.5. The van der Waals surface area contributed by atoms with Gasteiger partial charge in [-0.2, -0.15) is 5.10 Å². The zero-order valence-electron chi connectivity index (χ0n) is 17.1. The van der Waals surface area contributed by atoms with E-state index in [0.717, 1.165) is 46.3 Å². The lowest BCUT2D eigenvalue weighted by Gasteiger charge is -2.35. The maximum absolute atomic E-state index is 12.5. The van der Waals surface area contributed by atoms with Gasteiger partial charge in [0.25, 0.3) is 0 Å². The summed E-state index contributed by atoms with van der Waals surface area (Å²) in [5.41, 5.74) is 4.77. The summed E-state index contributed by atoms with van der Waals surface area (Å²) in [5.74, 6) is 0.0900. The molecular formula is C22H28N4O2. The van der Waals surface area contributed by atoms with Gasteiger partial charge >= 0.3 is 0 Å². The second-order valence-corrected chi connectivity index (χ2v) is 8.38. The predicted octanol–water partition coefficient (Wildman–Crippen LogP) is 3.51. The molecule has 0 saturated carbocycles. The van der Waals surface area contributed by atoms with Crippen molar-refractivity contribution in [2.45, 2.75) is 65.0 Å². The van der Waals surface area contributed by atoms with Gasteiger partial charge < -0.3 is 10.1 Å². The Labute approximate surface area is 165 Å². The molecule has 0 aliphatic carbocycles. The molecule has 1 atom stereocenters. The predicted molar refractivity (Wildman–Crippen MR) is 109 cm³/mol. The average Bonchev–Trinajstić information content (AvgIpc) is 2.99. The Bertz CT molecular complexity index is 1040. The van der Waals surface area contributed by atoms with Crippen LogP contribution >= 0.6 is 0 Å². The van der Waals surface area contributed by atoms with Crippen molar-refractivity contribution in [1.29, 1.82) is 0 Å². The van der Waals surface area contributed by atoms with E-state index in [2.05, 4.69) is 26.1 Å². The molecule has 1 saturated heterocycles. The molecule has 148 valence electrons. The quantitative estimate of drug-likeness (QED) is 0.752. The Balaban J connectivity index is 1.50. The Morgan fingerprint density at radius 3 is 2.89 bits per heavy atom. The molecule has 1 amide bonds. The number of nitrogens with zero attached hydrogens (tertiary/aromatic N) is 3. The van der Waals surface area contributed by atoms with E-state index in [4.69, 9.17) is 14.8 Å². The van der Waals surface area contributed by atoms with Gasteiger partial charge in [0.15, 0.2) is 5.65 Å². The van der Waals surface area contributed by atoms with Crippen LogP contribution in [-0.4, -0.2) is 38.8 Å². The van der Waals surface area contributed by atoms with E-state index in [1.54, 1.807) is 0 Å². The lowest BCUT2D eigenvalue weighted by molar-refractivity contribution is -0.124. The number of ether oxygens (including phenoxy) is 1. The van der Waals surface area contributed by atoms with Gasteiger partial charge in [-0.1, -0.05) is 12.1 Å².